The highest BCUT2D eigenvalue weighted by atomic mass is 35.5. The number of sulfonamides is 1. The van der Waals surface area contributed by atoms with Crippen molar-refractivity contribution in [2.24, 2.45) is 0 Å². The van der Waals surface area contributed by atoms with E-state index >= 15 is 0 Å². The van der Waals surface area contributed by atoms with Gasteiger partial charge in [0, 0.05) is 42.9 Å². The van der Waals surface area contributed by atoms with E-state index in [4.69, 9.17) is 21.1 Å². The third kappa shape index (κ3) is 5.93. The minimum absolute atomic E-state index is 0.0306. The molecule has 158 valence electrons. The number of carbonyl (C=O) groups is 1. The summed E-state index contributed by atoms with van der Waals surface area (Å²) in [5.41, 5.74) is 0.973. The van der Waals surface area contributed by atoms with Crippen LogP contribution in [0.25, 0.3) is 0 Å². The van der Waals surface area contributed by atoms with E-state index in [-0.39, 0.29) is 23.4 Å². The molecule has 29 heavy (non-hydrogen) atoms. The molecule has 0 spiro atoms. The number of carbonyl (C=O) groups excluding carboxylic acids is 1. The summed E-state index contributed by atoms with van der Waals surface area (Å²) in [5.74, 6) is 0.214. The Hall–Kier alpha value is -2.13. The van der Waals surface area contributed by atoms with E-state index in [2.05, 4.69) is 5.32 Å². The van der Waals surface area contributed by atoms with Crippen LogP contribution < -0.4 is 10.1 Å². The first-order valence-electron chi connectivity index (χ1n) is 8.87. The lowest BCUT2D eigenvalue weighted by atomic mass is 10.1. The molecule has 1 amide bonds. The van der Waals surface area contributed by atoms with E-state index in [1.807, 2.05) is 6.92 Å². The van der Waals surface area contributed by atoms with Crippen LogP contribution in [0.3, 0.4) is 0 Å². The van der Waals surface area contributed by atoms with Gasteiger partial charge in [0.05, 0.1) is 18.6 Å². The van der Waals surface area contributed by atoms with Crippen molar-refractivity contribution in [3.8, 4) is 5.75 Å². The molecular formula is C20H25ClN2O5S. The van der Waals surface area contributed by atoms with Gasteiger partial charge in [0.2, 0.25) is 10.0 Å². The Kier molecular flexibility index (Phi) is 8.04. The van der Waals surface area contributed by atoms with Crippen molar-refractivity contribution >= 4 is 27.5 Å². The van der Waals surface area contributed by atoms with E-state index in [0.717, 1.165) is 0 Å². The monoisotopic (exact) mass is 440 g/mol. The fraction of sp³-hybridized carbons (Fsp3) is 0.350. The first kappa shape index (κ1) is 23.2. The normalized spacial score (nSPS) is 12.6. The summed E-state index contributed by atoms with van der Waals surface area (Å²) in [4.78, 5) is 12.6. The maximum Gasteiger partial charge on any atom is 0.251 e. The zero-order valence-corrected chi connectivity index (χ0v) is 18.4. The molecule has 9 heteroatoms. The Bertz CT molecular complexity index is 948. The van der Waals surface area contributed by atoms with Crippen LogP contribution in [0.15, 0.2) is 47.4 Å². The van der Waals surface area contributed by atoms with Crippen LogP contribution in [0.1, 0.15) is 22.8 Å². The minimum atomic E-state index is -3.74. The van der Waals surface area contributed by atoms with Gasteiger partial charge in [-0.1, -0.05) is 11.6 Å². The molecule has 0 aromatic heterocycles. The highest BCUT2D eigenvalue weighted by molar-refractivity contribution is 7.89. The van der Waals surface area contributed by atoms with E-state index in [1.54, 1.807) is 25.3 Å². The number of halogens is 1. The molecule has 1 N–H and O–H groups in total. The molecule has 7 nitrogen and oxygen atoms in total. The van der Waals surface area contributed by atoms with Crippen LogP contribution in [0.5, 0.6) is 5.75 Å². The minimum Gasteiger partial charge on any atom is -0.496 e. The van der Waals surface area contributed by atoms with Crippen LogP contribution in [0.2, 0.25) is 5.02 Å². The van der Waals surface area contributed by atoms with Gasteiger partial charge >= 0.3 is 0 Å². The van der Waals surface area contributed by atoms with E-state index < -0.39 is 10.0 Å². The molecule has 0 saturated heterocycles. The lowest BCUT2D eigenvalue weighted by Gasteiger charge is -2.20. The topological polar surface area (TPSA) is 84.9 Å². The van der Waals surface area contributed by atoms with Gasteiger partial charge in [-0.05, 0) is 49.4 Å². The van der Waals surface area contributed by atoms with Crippen molar-refractivity contribution in [1.29, 1.82) is 0 Å². The second kappa shape index (κ2) is 10.1. The number of ether oxygens (including phenoxy) is 2. The SMILES string of the molecule is COCC(C)NC(=O)c1ccc(OC)c(CN(C)S(=O)(=O)c2ccc(Cl)cc2)c1. The lowest BCUT2D eigenvalue weighted by molar-refractivity contribution is 0.0905. The van der Waals surface area contributed by atoms with Gasteiger partial charge in [0.15, 0.2) is 0 Å². The maximum absolute atomic E-state index is 12.8. The molecule has 0 fully saturated rings. The molecule has 0 bridgehead atoms. The molecule has 0 radical (unpaired) electrons. The van der Waals surface area contributed by atoms with Gasteiger partial charge in [-0.25, -0.2) is 8.42 Å². The average molecular weight is 441 g/mol. The van der Waals surface area contributed by atoms with Crippen molar-refractivity contribution in [2.75, 3.05) is 27.9 Å². The van der Waals surface area contributed by atoms with Gasteiger partial charge in [0.25, 0.3) is 5.91 Å². The van der Waals surface area contributed by atoms with Crippen molar-refractivity contribution in [1.82, 2.24) is 9.62 Å². The number of nitrogens with one attached hydrogen (secondary N) is 1. The predicted molar refractivity (Wildman–Crippen MR) is 112 cm³/mol. The fourth-order valence-corrected chi connectivity index (χ4v) is 4.03. The first-order chi connectivity index (χ1) is 13.7. The molecular weight excluding hydrogens is 416 g/mol. The number of methoxy groups -OCH3 is 2. The smallest absolute Gasteiger partial charge is 0.251 e. The number of nitrogens with zero attached hydrogens (tertiary/aromatic N) is 1. The second-order valence-electron chi connectivity index (χ2n) is 6.57. The molecule has 2 aromatic rings. The van der Waals surface area contributed by atoms with Crippen molar-refractivity contribution in [3.05, 3.63) is 58.6 Å². The molecule has 0 aliphatic carbocycles. The Morgan fingerprint density at radius 2 is 1.83 bits per heavy atom. The highest BCUT2D eigenvalue weighted by Crippen LogP contribution is 2.25. The predicted octanol–water partition coefficient (Wildman–Crippen LogP) is 2.93. The summed E-state index contributed by atoms with van der Waals surface area (Å²) >= 11 is 5.84. The van der Waals surface area contributed by atoms with Crippen molar-refractivity contribution in [2.45, 2.75) is 24.4 Å². The highest BCUT2D eigenvalue weighted by Gasteiger charge is 2.23. The summed E-state index contributed by atoms with van der Waals surface area (Å²) in [7, 11) is 0.786. The van der Waals surface area contributed by atoms with Gasteiger partial charge in [-0.2, -0.15) is 4.31 Å². The summed E-state index contributed by atoms with van der Waals surface area (Å²) < 4.78 is 37.2. The van der Waals surface area contributed by atoms with Crippen LogP contribution in [-0.2, 0) is 21.3 Å². The van der Waals surface area contributed by atoms with Gasteiger partial charge < -0.3 is 14.8 Å². The Balaban J connectivity index is 2.26. The lowest BCUT2D eigenvalue weighted by Crippen LogP contribution is -2.35. The van der Waals surface area contributed by atoms with E-state index in [1.165, 1.54) is 42.7 Å². The molecule has 1 atom stereocenters. The fourth-order valence-electron chi connectivity index (χ4n) is 2.75. The van der Waals surface area contributed by atoms with Gasteiger partial charge in [-0.15, -0.1) is 0 Å². The molecule has 2 aromatic carbocycles. The summed E-state index contributed by atoms with van der Waals surface area (Å²) in [6, 6.07) is 10.7. The van der Waals surface area contributed by atoms with Crippen LogP contribution in [-0.4, -0.2) is 52.5 Å². The quantitative estimate of drug-likeness (QED) is 0.648. The third-order valence-corrected chi connectivity index (χ3v) is 6.32. The summed E-state index contributed by atoms with van der Waals surface area (Å²) in [6.07, 6.45) is 0. The second-order valence-corrected chi connectivity index (χ2v) is 9.05. The van der Waals surface area contributed by atoms with Crippen LogP contribution in [0.4, 0.5) is 0 Å². The summed E-state index contributed by atoms with van der Waals surface area (Å²) in [6.45, 7) is 2.25. The van der Waals surface area contributed by atoms with E-state index in [0.29, 0.717) is 28.5 Å². The molecule has 0 aliphatic heterocycles. The molecule has 1 unspecified atom stereocenters. The number of hydrogen-bond donors (Lipinski definition) is 1. The Morgan fingerprint density at radius 1 is 1.17 bits per heavy atom. The van der Waals surface area contributed by atoms with Crippen LogP contribution in [0, 0.1) is 0 Å². The zero-order valence-electron chi connectivity index (χ0n) is 16.8. The van der Waals surface area contributed by atoms with Gasteiger partial charge in [0.1, 0.15) is 5.75 Å². The number of hydrogen-bond acceptors (Lipinski definition) is 5. The summed E-state index contributed by atoms with van der Waals surface area (Å²) in [5, 5.41) is 3.28. The van der Waals surface area contributed by atoms with Crippen LogP contribution >= 0.6 is 11.6 Å². The van der Waals surface area contributed by atoms with Gasteiger partial charge in [-0.3, -0.25) is 4.79 Å². The Morgan fingerprint density at radius 3 is 2.41 bits per heavy atom. The molecule has 0 aliphatic rings. The molecule has 2 rings (SSSR count). The van der Waals surface area contributed by atoms with Crippen molar-refractivity contribution in [3.63, 3.8) is 0 Å². The number of rotatable bonds is 9. The first-order valence-corrected chi connectivity index (χ1v) is 10.7. The van der Waals surface area contributed by atoms with E-state index in [9.17, 15) is 13.2 Å². The molecule has 0 heterocycles. The van der Waals surface area contributed by atoms with Crippen molar-refractivity contribution < 1.29 is 22.7 Å². The standard InChI is InChI=1S/C20H25ClN2O5S/c1-14(13-27-3)22-20(24)15-5-10-19(28-4)16(11-15)12-23(2)29(25,26)18-8-6-17(21)7-9-18/h5-11,14H,12-13H2,1-4H3,(H,22,24). The number of benzene rings is 2. The largest absolute Gasteiger partial charge is 0.496 e. The maximum atomic E-state index is 12.8. The average Bonchev–Trinajstić information content (AvgIpc) is 2.68. The number of amides is 1. The Labute approximate surface area is 176 Å². The zero-order chi connectivity index (χ0) is 21.6. The molecule has 0 saturated carbocycles. The third-order valence-electron chi connectivity index (χ3n) is 4.25.